The van der Waals surface area contributed by atoms with Gasteiger partial charge in [-0.2, -0.15) is 4.39 Å². The van der Waals surface area contributed by atoms with E-state index in [1.165, 1.54) is 58.1 Å². The van der Waals surface area contributed by atoms with Gasteiger partial charge in [0.15, 0.2) is 11.6 Å². The molecular formula is C22H36F2O. The van der Waals surface area contributed by atoms with Gasteiger partial charge in [-0.3, -0.25) is 0 Å². The smallest absolute Gasteiger partial charge is 0.200 e. The Hall–Kier alpha value is -1.12. The normalized spacial score (nSPS) is 13.7. The van der Waals surface area contributed by atoms with Gasteiger partial charge in [0.2, 0.25) is 5.82 Å². The number of methoxy groups -OCH3 is 1. The summed E-state index contributed by atoms with van der Waals surface area (Å²) < 4.78 is 32.6. The summed E-state index contributed by atoms with van der Waals surface area (Å²) in [6.45, 7) is 6.82. The van der Waals surface area contributed by atoms with E-state index in [1.807, 2.05) is 0 Å². The molecule has 0 saturated carbocycles. The van der Waals surface area contributed by atoms with E-state index in [0.29, 0.717) is 17.9 Å². The van der Waals surface area contributed by atoms with Crippen LogP contribution in [-0.4, -0.2) is 7.11 Å². The van der Waals surface area contributed by atoms with Crippen molar-refractivity contribution in [1.82, 2.24) is 0 Å². The third kappa shape index (κ3) is 7.75. The lowest BCUT2D eigenvalue weighted by Crippen LogP contribution is -2.04. The highest BCUT2D eigenvalue weighted by molar-refractivity contribution is 5.31. The Morgan fingerprint density at radius 1 is 0.880 bits per heavy atom. The van der Waals surface area contributed by atoms with Crippen molar-refractivity contribution in [2.45, 2.75) is 85.0 Å². The van der Waals surface area contributed by atoms with Gasteiger partial charge in [0.25, 0.3) is 0 Å². The number of ether oxygens (including phenoxy) is 1. The van der Waals surface area contributed by atoms with Crippen LogP contribution in [0.3, 0.4) is 0 Å². The maximum absolute atomic E-state index is 14.0. The van der Waals surface area contributed by atoms with Gasteiger partial charge in [0, 0.05) is 0 Å². The monoisotopic (exact) mass is 354 g/mol. The van der Waals surface area contributed by atoms with E-state index in [9.17, 15) is 8.78 Å². The Labute approximate surface area is 153 Å². The highest BCUT2D eigenvalue weighted by atomic mass is 19.2. The molecule has 2 unspecified atom stereocenters. The minimum Gasteiger partial charge on any atom is -0.494 e. The molecule has 0 saturated heterocycles. The SMILES string of the molecule is CCCC(C)CCCC(CCC)CCCc1ccc(OC)c(F)c1F. The number of hydrogen-bond acceptors (Lipinski definition) is 1. The van der Waals surface area contributed by atoms with E-state index in [1.54, 1.807) is 6.07 Å². The van der Waals surface area contributed by atoms with Gasteiger partial charge < -0.3 is 4.74 Å². The Balaban J connectivity index is 2.43. The number of rotatable bonds is 13. The summed E-state index contributed by atoms with van der Waals surface area (Å²) >= 11 is 0. The second-order valence-electron chi connectivity index (χ2n) is 7.43. The summed E-state index contributed by atoms with van der Waals surface area (Å²) in [5, 5.41) is 0. The fraction of sp³-hybridized carbons (Fsp3) is 0.727. The Bertz CT molecular complexity index is 487. The van der Waals surface area contributed by atoms with Crippen LogP contribution >= 0.6 is 0 Å². The lowest BCUT2D eigenvalue weighted by molar-refractivity contribution is 0.360. The summed E-state index contributed by atoms with van der Waals surface area (Å²) in [6.07, 6.45) is 11.5. The number of benzene rings is 1. The van der Waals surface area contributed by atoms with Crippen LogP contribution in [0.1, 0.15) is 84.1 Å². The second-order valence-corrected chi connectivity index (χ2v) is 7.43. The van der Waals surface area contributed by atoms with Crippen molar-refractivity contribution in [3.8, 4) is 5.75 Å². The molecule has 1 nitrogen and oxygen atoms in total. The van der Waals surface area contributed by atoms with Crippen molar-refractivity contribution in [2.75, 3.05) is 7.11 Å². The van der Waals surface area contributed by atoms with Crippen LogP contribution < -0.4 is 4.74 Å². The topological polar surface area (TPSA) is 9.23 Å². The Morgan fingerprint density at radius 2 is 1.56 bits per heavy atom. The summed E-state index contributed by atoms with van der Waals surface area (Å²) in [7, 11) is 1.36. The van der Waals surface area contributed by atoms with Gasteiger partial charge in [0.1, 0.15) is 0 Å². The van der Waals surface area contributed by atoms with Crippen molar-refractivity contribution in [2.24, 2.45) is 11.8 Å². The first-order valence-electron chi connectivity index (χ1n) is 10.0. The molecule has 0 radical (unpaired) electrons. The van der Waals surface area contributed by atoms with Crippen molar-refractivity contribution in [1.29, 1.82) is 0 Å². The molecule has 0 aliphatic heterocycles. The summed E-state index contributed by atoms with van der Waals surface area (Å²) in [5.74, 6) is -0.102. The molecule has 1 rings (SSSR count). The number of hydrogen-bond donors (Lipinski definition) is 0. The van der Waals surface area contributed by atoms with E-state index in [-0.39, 0.29) is 5.75 Å². The standard InChI is InChI=1S/C22H36F2O/c1-5-9-17(3)11-7-12-18(10-6-2)13-8-14-19-15-16-20(25-4)22(24)21(19)23/h15-18H,5-14H2,1-4H3. The highest BCUT2D eigenvalue weighted by Gasteiger charge is 2.15. The molecule has 0 amide bonds. The minimum absolute atomic E-state index is 0.0219. The van der Waals surface area contributed by atoms with E-state index in [0.717, 1.165) is 18.8 Å². The van der Waals surface area contributed by atoms with Crippen molar-refractivity contribution in [3.63, 3.8) is 0 Å². The van der Waals surface area contributed by atoms with Crippen molar-refractivity contribution in [3.05, 3.63) is 29.3 Å². The molecule has 0 bridgehead atoms. The molecule has 0 heterocycles. The van der Waals surface area contributed by atoms with Crippen molar-refractivity contribution >= 4 is 0 Å². The molecule has 2 atom stereocenters. The minimum atomic E-state index is -0.866. The summed E-state index contributed by atoms with van der Waals surface area (Å²) in [4.78, 5) is 0. The van der Waals surface area contributed by atoms with E-state index >= 15 is 0 Å². The zero-order valence-electron chi connectivity index (χ0n) is 16.5. The van der Waals surface area contributed by atoms with Gasteiger partial charge >= 0.3 is 0 Å². The lowest BCUT2D eigenvalue weighted by Gasteiger charge is -2.18. The van der Waals surface area contributed by atoms with Crippen LogP contribution in [0.5, 0.6) is 5.75 Å². The molecule has 144 valence electrons. The van der Waals surface area contributed by atoms with Crippen LogP contribution in [0.15, 0.2) is 12.1 Å². The molecule has 0 aliphatic rings. The number of halogens is 2. The predicted molar refractivity (Wildman–Crippen MR) is 102 cm³/mol. The van der Waals surface area contributed by atoms with Crippen LogP contribution in [-0.2, 0) is 6.42 Å². The van der Waals surface area contributed by atoms with Crippen LogP contribution in [0.4, 0.5) is 8.78 Å². The first kappa shape index (κ1) is 21.9. The molecule has 3 heteroatoms. The van der Waals surface area contributed by atoms with Crippen LogP contribution in [0.25, 0.3) is 0 Å². The Kier molecular flexibility index (Phi) is 10.8. The summed E-state index contributed by atoms with van der Waals surface area (Å²) in [5.41, 5.74) is 0.463. The zero-order valence-corrected chi connectivity index (χ0v) is 16.5. The molecule has 0 fully saturated rings. The maximum Gasteiger partial charge on any atom is 0.200 e. The van der Waals surface area contributed by atoms with Gasteiger partial charge in [-0.15, -0.1) is 0 Å². The van der Waals surface area contributed by atoms with Crippen LogP contribution in [0.2, 0.25) is 0 Å². The quantitative estimate of drug-likeness (QED) is 0.360. The first-order valence-corrected chi connectivity index (χ1v) is 10.0. The largest absolute Gasteiger partial charge is 0.494 e. The van der Waals surface area contributed by atoms with Gasteiger partial charge in [-0.1, -0.05) is 78.2 Å². The average Bonchev–Trinajstić information content (AvgIpc) is 2.59. The fourth-order valence-corrected chi connectivity index (χ4v) is 3.74. The van der Waals surface area contributed by atoms with E-state index in [4.69, 9.17) is 4.74 Å². The van der Waals surface area contributed by atoms with Gasteiger partial charge in [-0.05, 0) is 36.3 Å². The molecule has 0 aromatic heterocycles. The highest BCUT2D eigenvalue weighted by Crippen LogP contribution is 2.26. The van der Waals surface area contributed by atoms with Gasteiger partial charge in [0.05, 0.1) is 7.11 Å². The molecule has 0 N–H and O–H groups in total. The molecular weight excluding hydrogens is 318 g/mol. The number of aryl methyl sites for hydroxylation is 1. The lowest BCUT2D eigenvalue weighted by atomic mass is 9.89. The Morgan fingerprint density at radius 3 is 2.20 bits per heavy atom. The molecule has 0 aliphatic carbocycles. The van der Waals surface area contributed by atoms with Gasteiger partial charge in [-0.25, -0.2) is 4.39 Å². The third-order valence-electron chi connectivity index (χ3n) is 5.19. The fourth-order valence-electron chi connectivity index (χ4n) is 3.74. The van der Waals surface area contributed by atoms with E-state index in [2.05, 4.69) is 20.8 Å². The molecule has 1 aromatic rings. The average molecular weight is 355 g/mol. The van der Waals surface area contributed by atoms with E-state index < -0.39 is 11.6 Å². The predicted octanol–water partition coefficient (Wildman–Crippen LogP) is 7.32. The van der Waals surface area contributed by atoms with Crippen LogP contribution in [0, 0.1) is 23.5 Å². The molecule has 0 spiro atoms. The molecule has 1 aromatic carbocycles. The molecule has 25 heavy (non-hydrogen) atoms. The van der Waals surface area contributed by atoms with Crippen molar-refractivity contribution < 1.29 is 13.5 Å². The first-order chi connectivity index (χ1) is 12.0. The second kappa shape index (κ2) is 12.3. The summed E-state index contributed by atoms with van der Waals surface area (Å²) in [6, 6.07) is 3.17. The zero-order chi connectivity index (χ0) is 18.7. The third-order valence-corrected chi connectivity index (χ3v) is 5.19. The maximum atomic E-state index is 14.0.